The van der Waals surface area contributed by atoms with E-state index in [1.807, 2.05) is 0 Å². The van der Waals surface area contributed by atoms with Crippen molar-refractivity contribution in [3.05, 3.63) is 24.3 Å². The monoisotopic (exact) mass is 227 g/mol. The Kier molecular flexibility index (Phi) is 7.80. The van der Waals surface area contributed by atoms with Gasteiger partial charge in [-0.05, 0) is 17.6 Å². The van der Waals surface area contributed by atoms with Crippen LogP contribution in [0.25, 0.3) is 0 Å². The first-order valence-corrected chi connectivity index (χ1v) is 5.31. The fraction of sp³-hybridized carbons (Fsp3) is 0.333. The summed E-state index contributed by atoms with van der Waals surface area (Å²) in [6, 6.07) is 6.08. The van der Waals surface area contributed by atoms with E-state index < -0.39 is 7.12 Å². The zero-order chi connectivity index (χ0) is 11.7. The molecule has 0 amide bonds. The molecule has 15 heavy (non-hydrogen) atoms. The molecule has 0 saturated carbocycles. The second kappa shape index (κ2) is 8.34. The van der Waals surface area contributed by atoms with Gasteiger partial charge in [0.15, 0.2) is 0 Å². The van der Waals surface area contributed by atoms with Crippen LogP contribution < -0.4 is 5.46 Å². The fourth-order valence-corrected chi connectivity index (χ4v) is 0.958. The Morgan fingerprint density at radius 2 is 1.73 bits per heavy atom. The highest BCUT2D eigenvalue weighted by Crippen LogP contribution is 2.07. The lowest BCUT2D eigenvalue weighted by atomic mass is 9.80. The van der Waals surface area contributed by atoms with Crippen LogP contribution in [0.15, 0.2) is 28.6 Å². The van der Waals surface area contributed by atoms with Crippen molar-refractivity contribution >= 4 is 29.7 Å². The predicted octanol–water partition coefficient (Wildman–Crippen LogP) is 0.811. The average molecular weight is 227 g/mol. The minimum absolute atomic E-state index is 0.119. The van der Waals surface area contributed by atoms with E-state index in [1.54, 1.807) is 12.1 Å². The van der Waals surface area contributed by atoms with Gasteiger partial charge in [-0.2, -0.15) is 8.57 Å². The average Bonchev–Trinajstić information content (AvgIpc) is 2.20. The molecule has 0 heterocycles. The topological polar surface area (TPSA) is 69.9 Å². The van der Waals surface area contributed by atoms with Gasteiger partial charge >= 0.3 is 7.12 Å². The molecule has 0 aliphatic rings. The summed E-state index contributed by atoms with van der Waals surface area (Å²) in [5.41, 5.74) is 0.893. The maximum absolute atomic E-state index is 9.97. The minimum atomic E-state index is -1.47. The lowest BCUT2D eigenvalue weighted by Gasteiger charge is -1.97. The highest BCUT2D eigenvalue weighted by atomic mass is 32.1. The van der Waals surface area contributed by atoms with E-state index in [2.05, 4.69) is 18.2 Å². The molecule has 1 aromatic carbocycles. The van der Waals surface area contributed by atoms with Gasteiger partial charge in [-0.1, -0.05) is 32.4 Å². The molecule has 1 rings (SSSR count). The van der Waals surface area contributed by atoms with Crippen molar-refractivity contribution in [2.24, 2.45) is 4.36 Å². The third-order valence-electron chi connectivity index (χ3n) is 1.33. The molecule has 0 unspecified atom stereocenters. The van der Waals surface area contributed by atoms with Crippen LogP contribution in [0.2, 0.25) is 0 Å². The first kappa shape index (κ1) is 14.0. The van der Waals surface area contributed by atoms with Gasteiger partial charge in [0.05, 0.1) is 5.69 Å². The van der Waals surface area contributed by atoms with Gasteiger partial charge in [0, 0.05) is 0 Å². The molecule has 0 fully saturated rings. The summed E-state index contributed by atoms with van der Waals surface area (Å²) in [4.78, 5) is 0. The molecule has 2 N–H and O–H groups in total. The van der Waals surface area contributed by atoms with E-state index in [9.17, 15) is 4.21 Å². The van der Waals surface area contributed by atoms with Crippen LogP contribution in [-0.2, 0) is 11.5 Å². The van der Waals surface area contributed by atoms with Crippen LogP contribution in [0.3, 0.4) is 0 Å². The van der Waals surface area contributed by atoms with E-state index >= 15 is 0 Å². The zero-order valence-corrected chi connectivity index (χ0v) is 9.57. The lowest BCUT2D eigenvalue weighted by molar-refractivity contribution is 0.426. The molecule has 0 aromatic heterocycles. The molecule has 1 aromatic rings. The van der Waals surface area contributed by atoms with Crippen LogP contribution in [0.5, 0.6) is 0 Å². The summed E-state index contributed by atoms with van der Waals surface area (Å²) < 4.78 is 13.5. The smallest absolute Gasteiger partial charge is 0.423 e. The number of hydrogen-bond acceptors (Lipinski definition) is 4. The molecule has 4 nitrogen and oxygen atoms in total. The lowest BCUT2D eigenvalue weighted by Crippen LogP contribution is -2.29. The van der Waals surface area contributed by atoms with Crippen molar-refractivity contribution in [1.82, 2.24) is 0 Å². The van der Waals surface area contributed by atoms with Crippen LogP contribution in [0.4, 0.5) is 5.69 Å². The molecule has 0 radical (unpaired) electrons. The van der Waals surface area contributed by atoms with E-state index in [0.717, 1.165) is 0 Å². The summed E-state index contributed by atoms with van der Waals surface area (Å²) in [5.74, 6) is 0. The van der Waals surface area contributed by atoms with Gasteiger partial charge in [0.2, 0.25) is 11.5 Å². The van der Waals surface area contributed by atoms with Crippen molar-refractivity contribution in [2.45, 2.75) is 20.3 Å². The Bertz CT molecular complexity index is 323. The summed E-state index contributed by atoms with van der Waals surface area (Å²) in [6.07, 6.45) is 1.25. The summed E-state index contributed by atoms with van der Waals surface area (Å²) in [6.45, 7) is 4.25. The molecular formula is C9H14BNO3S. The van der Waals surface area contributed by atoms with Gasteiger partial charge in [0.1, 0.15) is 0 Å². The molecular weight excluding hydrogens is 213 g/mol. The van der Waals surface area contributed by atoms with E-state index in [4.69, 9.17) is 10.0 Å². The quantitative estimate of drug-likeness (QED) is 0.734. The summed E-state index contributed by atoms with van der Waals surface area (Å²) in [5, 5.41) is 17.4. The van der Waals surface area contributed by atoms with Gasteiger partial charge < -0.3 is 10.0 Å². The SMILES string of the molecule is CCC.O=S=Nc1ccc(B(O)O)cc1. The number of benzene rings is 1. The first-order chi connectivity index (χ1) is 7.15. The highest BCUT2D eigenvalue weighted by molar-refractivity contribution is 7.54. The van der Waals surface area contributed by atoms with Crippen molar-refractivity contribution in [1.29, 1.82) is 0 Å². The Morgan fingerprint density at radius 3 is 2.07 bits per heavy atom. The summed E-state index contributed by atoms with van der Waals surface area (Å²) in [7, 11) is -1.47. The van der Waals surface area contributed by atoms with Crippen molar-refractivity contribution < 1.29 is 14.3 Å². The van der Waals surface area contributed by atoms with Crippen LogP contribution in [-0.4, -0.2) is 21.4 Å². The number of nitrogens with zero attached hydrogens (tertiary/aromatic N) is 1. The van der Waals surface area contributed by atoms with Crippen molar-refractivity contribution in [3.8, 4) is 0 Å². The molecule has 6 heteroatoms. The number of hydrogen-bond donors (Lipinski definition) is 2. The first-order valence-electron chi connectivity index (χ1n) is 4.61. The van der Waals surface area contributed by atoms with E-state index in [0.29, 0.717) is 11.2 Å². The fourth-order valence-electron chi connectivity index (χ4n) is 0.750. The normalized spacial score (nSPS) is 8.53. The van der Waals surface area contributed by atoms with Gasteiger partial charge in [0.25, 0.3) is 0 Å². The van der Waals surface area contributed by atoms with E-state index in [-0.39, 0.29) is 11.5 Å². The van der Waals surface area contributed by atoms with Crippen LogP contribution in [0, 0.1) is 0 Å². The van der Waals surface area contributed by atoms with Crippen LogP contribution >= 0.6 is 0 Å². The molecule has 0 aliphatic heterocycles. The van der Waals surface area contributed by atoms with Crippen molar-refractivity contribution in [2.75, 3.05) is 0 Å². The zero-order valence-electron chi connectivity index (χ0n) is 8.75. The molecule has 0 aliphatic carbocycles. The van der Waals surface area contributed by atoms with E-state index in [1.165, 1.54) is 18.6 Å². The third-order valence-corrected chi connectivity index (χ3v) is 1.62. The Labute approximate surface area is 93.4 Å². The highest BCUT2D eigenvalue weighted by Gasteiger charge is 2.08. The Morgan fingerprint density at radius 1 is 1.27 bits per heavy atom. The van der Waals surface area contributed by atoms with Crippen LogP contribution in [0.1, 0.15) is 20.3 Å². The standard InChI is InChI=1S/C6H6BNO3S.C3H8/c9-7(10)5-1-3-6(4-2-5)8-12-11;1-3-2/h1-4,9-10H;3H2,1-2H3. The predicted molar refractivity (Wildman–Crippen MR) is 62.5 cm³/mol. The largest absolute Gasteiger partial charge is 0.488 e. The summed E-state index contributed by atoms with van der Waals surface area (Å²) >= 11 is 0.119. The minimum Gasteiger partial charge on any atom is -0.423 e. The Balaban J connectivity index is 0.000000583. The molecule has 0 saturated heterocycles. The maximum atomic E-state index is 9.97. The molecule has 82 valence electrons. The molecule has 0 bridgehead atoms. The van der Waals surface area contributed by atoms with Gasteiger partial charge in [-0.25, -0.2) is 0 Å². The van der Waals surface area contributed by atoms with Gasteiger partial charge in [-0.3, -0.25) is 0 Å². The third kappa shape index (κ3) is 6.17. The second-order valence-electron chi connectivity index (χ2n) is 2.84. The molecule has 0 spiro atoms. The van der Waals surface area contributed by atoms with Gasteiger partial charge in [-0.15, -0.1) is 0 Å². The number of rotatable bonds is 2. The second-order valence-corrected chi connectivity index (χ2v) is 3.17. The molecule has 0 atom stereocenters. The maximum Gasteiger partial charge on any atom is 0.488 e. The van der Waals surface area contributed by atoms with Crippen molar-refractivity contribution in [3.63, 3.8) is 0 Å². The Hall–Kier alpha value is -0.975.